The smallest absolute Gasteiger partial charge is 0.339 e. The molecule has 0 radical (unpaired) electrons. The van der Waals surface area contributed by atoms with Crippen molar-refractivity contribution < 1.29 is 28.9 Å². The number of carboxylic acids is 1. The zero-order valence-electron chi connectivity index (χ0n) is 11.3. The van der Waals surface area contributed by atoms with Gasteiger partial charge in [-0.05, 0) is 26.0 Å². The van der Waals surface area contributed by atoms with E-state index in [1.807, 2.05) is 0 Å². The average Bonchev–Trinajstić information content (AvgIpc) is 2.38. The molecule has 0 amide bonds. The molecule has 0 unspecified atom stereocenters. The van der Waals surface area contributed by atoms with Gasteiger partial charge in [-0.2, -0.15) is 0 Å². The predicted octanol–water partition coefficient (Wildman–Crippen LogP) is 1.43. The summed E-state index contributed by atoms with van der Waals surface area (Å²) in [5, 5.41) is 18.8. The number of benzene rings is 1. The molecule has 0 saturated heterocycles. The molecule has 0 fully saturated rings. The van der Waals surface area contributed by atoms with Gasteiger partial charge in [0.1, 0.15) is 17.1 Å². The van der Waals surface area contributed by atoms with E-state index in [0.29, 0.717) is 6.07 Å². The third-order valence-electron chi connectivity index (χ3n) is 3.16. The molecule has 0 spiro atoms. The number of hydrogen-bond donors (Lipinski definition) is 3. The van der Waals surface area contributed by atoms with Crippen LogP contribution in [0.25, 0.3) is 0 Å². The van der Waals surface area contributed by atoms with E-state index >= 15 is 0 Å². The van der Waals surface area contributed by atoms with Crippen molar-refractivity contribution in [2.75, 3.05) is 7.11 Å². The van der Waals surface area contributed by atoms with E-state index in [1.165, 1.54) is 21.0 Å². The molecule has 0 heterocycles. The first-order chi connectivity index (χ1) is 9.12. The Morgan fingerprint density at radius 3 is 2.40 bits per heavy atom. The summed E-state index contributed by atoms with van der Waals surface area (Å²) in [6.07, 6.45) is 0. The van der Waals surface area contributed by atoms with Gasteiger partial charge in [0.2, 0.25) is 0 Å². The molecule has 0 bridgehead atoms. The van der Waals surface area contributed by atoms with Crippen LogP contribution < -0.4 is 5.73 Å². The maximum atomic E-state index is 13.5. The van der Waals surface area contributed by atoms with Crippen molar-refractivity contribution in [2.45, 2.75) is 19.9 Å². The standard InChI is InChI=1S/C13H16FNO5/c1-13(2,12(19)20-3)10(15)7-4-6(14)5-8(9(7)16)11(17)18/h4-5,10,16H,15H2,1-3H3,(H,17,18)/t10-/m0/s1. The highest BCUT2D eigenvalue weighted by Crippen LogP contribution is 2.38. The number of methoxy groups -OCH3 is 1. The molecule has 1 aromatic carbocycles. The Morgan fingerprint density at radius 1 is 1.40 bits per heavy atom. The highest BCUT2D eigenvalue weighted by Gasteiger charge is 2.38. The number of aromatic carboxylic acids is 1. The lowest BCUT2D eigenvalue weighted by molar-refractivity contribution is -0.152. The molecular formula is C13H16FNO5. The van der Waals surface area contributed by atoms with Gasteiger partial charge in [-0.25, -0.2) is 9.18 Å². The van der Waals surface area contributed by atoms with Crippen LogP contribution in [-0.2, 0) is 9.53 Å². The van der Waals surface area contributed by atoms with Crippen LogP contribution in [0.5, 0.6) is 5.75 Å². The first-order valence-corrected chi connectivity index (χ1v) is 5.72. The monoisotopic (exact) mass is 285 g/mol. The fraction of sp³-hybridized carbons (Fsp3) is 0.385. The normalized spacial score (nSPS) is 12.8. The number of carboxylic acid groups (broad SMARTS) is 1. The maximum Gasteiger partial charge on any atom is 0.339 e. The number of rotatable bonds is 4. The first-order valence-electron chi connectivity index (χ1n) is 5.72. The second kappa shape index (κ2) is 5.46. The number of halogens is 1. The minimum atomic E-state index is -1.49. The third kappa shape index (κ3) is 2.72. The maximum absolute atomic E-state index is 13.5. The van der Waals surface area contributed by atoms with Crippen LogP contribution >= 0.6 is 0 Å². The molecule has 6 nitrogen and oxygen atoms in total. The van der Waals surface area contributed by atoms with Gasteiger partial charge in [0, 0.05) is 11.6 Å². The molecule has 1 atom stereocenters. The minimum Gasteiger partial charge on any atom is -0.507 e. The van der Waals surface area contributed by atoms with Gasteiger partial charge in [0.05, 0.1) is 12.5 Å². The van der Waals surface area contributed by atoms with Crippen LogP contribution in [0.4, 0.5) is 4.39 Å². The minimum absolute atomic E-state index is 0.169. The Labute approximate surface area is 115 Å². The lowest BCUT2D eigenvalue weighted by Crippen LogP contribution is -2.37. The van der Waals surface area contributed by atoms with Crippen molar-refractivity contribution in [3.63, 3.8) is 0 Å². The van der Waals surface area contributed by atoms with E-state index in [9.17, 15) is 19.1 Å². The number of esters is 1. The number of carbonyl (C=O) groups is 2. The average molecular weight is 285 g/mol. The van der Waals surface area contributed by atoms with Crippen molar-refractivity contribution in [1.29, 1.82) is 0 Å². The molecule has 4 N–H and O–H groups in total. The number of hydrogen-bond acceptors (Lipinski definition) is 5. The summed E-state index contributed by atoms with van der Waals surface area (Å²) < 4.78 is 18.0. The number of nitrogens with two attached hydrogens (primary N) is 1. The topological polar surface area (TPSA) is 110 Å². The fourth-order valence-electron chi connectivity index (χ4n) is 1.80. The van der Waals surface area contributed by atoms with Gasteiger partial charge in [0.25, 0.3) is 0 Å². The number of aromatic hydroxyl groups is 1. The molecule has 0 saturated carbocycles. The molecule has 110 valence electrons. The van der Waals surface area contributed by atoms with Crippen LogP contribution in [0.2, 0.25) is 0 Å². The molecule has 0 aliphatic carbocycles. The quantitative estimate of drug-likeness (QED) is 0.722. The SMILES string of the molecule is COC(=O)C(C)(C)[C@@H](N)c1cc(F)cc(C(=O)O)c1O. The Kier molecular flexibility index (Phi) is 4.34. The number of ether oxygens (including phenoxy) is 1. The molecule has 1 rings (SSSR count). The summed E-state index contributed by atoms with van der Waals surface area (Å²) in [7, 11) is 1.17. The Balaban J connectivity index is 3.40. The molecule has 0 aliphatic heterocycles. The lowest BCUT2D eigenvalue weighted by Gasteiger charge is -2.29. The van der Waals surface area contributed by atoms with Crippen LogP contribution in [0.3, 0.4) is 0 Å². The van der Waals surface area contributed by atoms with E-state index in [0.717, 1.165) is 6.07 Å². The van der Waals surface area contributed by atoms with Crippen molar-refractivity contribution >= 4 is 11.9 Å². The predicted molar refractivity (Wildman–Crippen MR) is 67.7 cm³/mol. The summed E-state index contributed by atoms with van der Waals surface area (Å²) >= 11 is 0. The highest BCUT2D eigenvalue weighted by molar-refractivity contribution is 5.91. The molecule has 20 heavy (non-hydrogen) atoms. The second-order valence-corrected chi connectivity index (χ2v) is 4.89. The molecule has 1 aromatic rings. The van der Waals surface area contributed by atoms with Crippen molar-refractivity contribution in [3.05, 3.63) is 29.1 Å². The van der Waals surface area contributed by atoms with Gasteiger partial charge in [0.15, 0.2) is 0 Å². The Morgan fingerprint density at radius 2 is 1.95 bits per heavy atom. The lowest BCUT2D eigenvalue weighted by atomic mass is 9.80. The van der Waals surface area contributed by atoms with Crippen LogP contribution in [-0.4, -0.2) is 29.3 Å². The van der Waals surface area contributed by atoms with Crippen molar-refractivity contribution in [1.82, 2.24) is 0 Å². The Hall–Kier alpha value is -2.15. The van der Waals surface area contributed by atoms with Crippen LogP contribution in [0, 0.1) is 11.2 Å². The molecule has 7 heteroatoms. The summed E-state index contributed by atoms with van der Waals surface area (Å²) in [5.41, 5.74) is 3.82. The van der Waals surface area contributed by atoms with Crippen LogP contribution in [0.15, 0.2) is 12.1 Å². The van der Waals surface area contributed by atoms with Crippen LogP contribution in [0.1, 0.15) is 35.8 Å². The molecule has 0 aliphatic rings. The summed E-state index contributed by atoms with van der Waals surface area (Å²) in [4.78, 5) is 22.6. The van der Waals surface area contributed by atoms with Gasteiger partial charge in [-0.15, -0.1) is 0 Å². The summed E-state index contributed by atoms with van der Waals surface area (Å²) in [6.45, 7) is 2.91. The molecule has 0 aromatic heterocycles. The zero-order valence-corrected chi connectivity index (χ0v) is 11.3. The van der Waals surface area contributed by atoms with Crippen molar-refractivity contribution in [3.8, 4) is 5.75 Å². The molecular weight excluding hydrogens is 269 g/mol. The number of phenols is 1. The van der Waals surface area contributed by atoms with E-state index in [4.69, 9.17) is 10.8 Å². The Bertz CT molecular complexity index is 556. The van der Waals surface area contributed by atoms with Gasteiger partial charge >= 0.3 is 11.9 Å². The fourth-order valence-corrected chi connectivity index (χ4v) is 1.80. The largest absolute Gasteiger partial charge is 0.507 e. The van der Waals surface area contributed by atoms with Gasteiger partial charge in [-0.3, -0.25) is 4.79 Å². The zero-order chi connectivity index (χ0) is 15.7. The highest BCUT2D eigenvalue weighted by atomic mass is 19.1. The van der Waals surface area contributed by atoms with E-state index in [2.05, 4.69) is 4.74 Å². The van der Waals surface area contributed by atoms with E-state index in [-0.39, 0.29) is 5.56 Å². The summed E-state index contributed by atoms with van der Waals surface area (Å²) in [6, 6.07) is 0.444. The summed E-state index contributed by atoms with van der Waals surface area (Å²) in [5.74, 6) is -3.69. The number of carbonyl (C=O) groups excluding carboxylic acids is 1. The van der Waals surface area contributed by atoms with E-state index in [1.54, 1.807) is 0 Å². The third-order valence-corrected chi connectivity index (χ3v) is 3.16. The first kappa shape index (κ1) is 15.9. The van der Waals surface area contributed by atoms with Gasteiger partial charge < -0.3 is 20.7 Å². The van der Waals surface area contributed by atoms with Crippen molar-refractivity contribution in [2.24, 2.45) is 11.1 Å². The van der Waals surface area contributed by atoms with E-state index < -0.39 is 40.5 Å². The second-order valence-electron chi connectivity index (χ2n) is 4.89. The van der Waals surface area contributed by atoms with Gasteiger partial charge in [-0.1, -0.05) is 0 Å².